The predicted molar refractivity (Wildman–Crippen MR) is 110 cm³/mol. The largest absolute Gasteiger partial charge is 0.493 e. The van der Waals surface area contributed by atoms with Crippen molar-refractivity contribution >= 4 is 5.69 Å². The molecule has 0 amide bonds. The standard InChI is InChI=1S/C22H31NO4/c1-14(2)22(15-9-10-18(24-5)19(11-15)25-6)16-12-20(26-7)21(27-8)13-17(16)23(3)4/h9-14,22H,1-8H3. The summed E-state index contributed by atoms with van der Waals surface area (Å²) >= 11 is 0. The smallest absolute Gasteiger partial charge is 0.162 e. The van der Waals surface area contributed by atoms with Gasteiger partial charge in [0.2, 0.25) is 0 Å². The van der Waals surface area contributed by atoms with Crippen LogP contribution in [0.5, 0.6) is 23.0 Å². The first-order valence-corrected chi connectivity index (χ1v) is 9.03. The van der Waals surface area contributed by atoms with Gasteiger partial charge in [-0.15, -0.1) is 0 Å². The fourth-order valence-electron chi connectivity index (χ4n) is 3.49. The number of anilines is 1. The Bertz CT molecular complexity index is 771. The number of benzene rings is 2. The molecule has 0 aromatic heterocycles. The Morgan fingerprint density at radius 1 is 0.704 bits per heavy atom. The molecule has 0 aliphatic carbocycles. The zero-order valence-corrected chi connectivity index (χ0v) is 17.6. The van der Waals surface area contributed by atoms with Gasteiger partial charge in [0, 0.05) is 31.8 Å². The molecule has 148 valence electrons. The summed E-state index contributed by atoms with van der Waals surface area (Å²) in [5, 5.41) is 0. The van der Waals surface area contributed by atoms with E-state index in [4.69, 9.17) is 18.9 Å². The maximum absolute atomic E-state index is 5.57. The van der Waals surface area contributed by atoms with Gasteiger partial charge in [0.15, 0.2) is 23.0 Å². The predicted octanol–water partition coefficient (Wildman–Crippen LogP) is 4.57. The number of ether oxygens (including phenoxy) is 4. The van der Waals surface area contributed by atoms with Gasteiger partial charge in [-0.3, -0.25) is 0 Å². The van der Waals surface area contributed by atoms with Crippen molar-refractivity contribution in [2.75, 3.05) is 47.4 Å². The molecule has 0 saturated heterocycles. The highest BCUT2D eigenvalue weighted by Gasteiger charge is 2.25. The third kappa shape index (κ3) is 4.24. The van der Waals surface area contributed by atoms with Crippen molar-refractivity contribution in [1.29, 1.82) is 0 Å². The molecule has 0 fully saturated rings. The molecule has 5 nitrogen and oxygen atoms in total. The van der Waals surface area contributed by atoms with Crippen molar-refractivity contribution in [1.82, 2.24) is 0 Å². The highest BCUT2D eigenvalue weighted by molar-refractivity contribution is 5.64. The second-order valence-electron chi connectivity index (χ2n) is 7.00. The third-order valence-corrected chi connectivity index (χ3v) is 4.78. The Hall–Kier alpha value is -2.56. The molecule has 2 rings (SSSR count). The number of rotatable bonds is 8. The van der Waals surface area contributed by atoms with Crippen LogP contribution >= 0.6 is 0 Å². The average molecular weight is 373 g/mol. The highest BCUT2D eigenvalue weighted by Crippen LogP contribution is 2.44. The summed E-state index contributed by atoms with van der Waals surface area (Å²) in [7, 11) is 10.7. The fraction of sp³-hybridized carbons (Fsp3) is 0.455. The number of methoxy groups -OCH3 is 4. The van der Waals surface area contributed by atoms with Crippen LogP contribution in [0.2, 0.25) is 0 Å². The molecule has 0 heterocycles. The molecule has 0 aliphatic rings. The van der Waals surface area contributed by atoms with Gasteiger partial charge in [0.1, 0.15) is 0 Å². The molecule has 0 bridgehead atoms. The number of nitrogens with zero attached hydrogens (tertiary/aromatic N) is 1. The van der Waals surface area contributed by atoms with E-state index in [0.717, 1.165) is 34.2 Å². The van der Waals surface area contributed by atoms with Gasteiger partial charge in [-0.05, 0) is 35.2 Å². The van der Waals surface area contributed by atoms with E-state index in [0.29, 0.717) is 5.92 Å². The van der Waals surface area contributed by atoms with E-state index in [2.05, 4.69) is 36.9 Å². The molecule has 0 N–H and O–H groups in total. The van der Waals surface area contributed by atoms with Crippen molar-refractivity contribution in [2.45, 2.75) is 19.8 Å². The van der Waals surface area contributed by atoms with Crippen LogP contribution in [0.4, 0.5) is 5.69 Å². The van der Waals surface area contributed by atoms with E-state index in [1.165, 1.54) is 5.56 Å². The molecule has 2 aromatic carbocycles. The molecule has 1 unspecified atom stereocenters. The van der Waals surface area contributed by atoms with Crippen LogP contribution in [-0.2, 0) is 0 Å². The summed E-state index contributed by atoms with van der Waals surface area (Å²) in [6.45, 7) is 4.44. The Labute approximate surface area is 162 Å². The summed E-state index contributed by atoms with van der Waals surface area (Å²) < 4.78 is 22.0. The van der Waals surface area contributed by atoms with Crippen LogP contribution < -0.4 is 23.8 Å². The SMILES string of the molecule is COc1ccc(C(c2cc(OC)c(OC)cc2N(C)C)C(C)C)cc1OC. The van der Waals surface area contributed by atoms with Crippen molar-refractivity contribution in [2.24, 2.45) is 5.92 Å². The Morgan fingerprint density at radius 3 is 1.70 bits per heavy atom. The fourth-order valence-corrected chi connectivity index (χ4v) is 3.49. The Kier molecular flexibility index (Phi) is 6.83. The van der Waals surface area contributed by atoms with Gasteiger partial charge in [-0.1, -0.05) is 19.9 Å². The zero-order valence-electron chi connectivity index (χ0n) is 17.6. The summed E-state index contributed by atoms with van der Waals surface area (Å²) in [6, 6.07) is 10.2. The number of hydrogen-bond donors (Lipinski definition) is 0. The first-order chi connectivity index (χ1) is 12.9. The second-order valence-corrected chi connectivity index (χ2v) is 7.00. The lowest BCUT2D eigenvalue weighted by Gasteiger charge is -2.29. The molecule has 1 atom stereocenters. The first kappa shape index (κ1) is 20.7. The number of hydrogen-bond acceptors (Lipinski definition) is 5. The van der Waals surface area contributed by atoms with Crippen LogP contribution in [0.15, 0.2) is 30.3 Å². The molecular formula is C22H31NO4. The van der Waals surface area contributed by atoms with E-state index < -0.39 is 0 Å². The van der Waals surface area contributed by atoms with Crippen LogP contribution in [0.1, 0.15) is 30.9 Å². The maximum atomic E-state index is 5.57. The summed E-state index contributed by atoms with van der Waals surface area (Å²) in [4.78, 5) is 2.10. The maximum Gasteiger partial charge on any atom is 0.162 e. The molecule has 27 heavy (non-hydrogen) atoms. The van der Waals surface area contributed by atoms with E-state index in [9.17, 15) is 0 Å². The molecule has 5 heteroatoms. The van der Waals surface area contributed by atoms with Crippen LogP contribution in [-0.4, -0.2) is 42.5 Å². The first-order valence-electron chi connectivity index (χ1n) is 9.03. The second kappa shape index (κ2) is 8.89. The van der Waals surface area contributed by atoms with Crippen molar-refractivity contribution in [3.05, 3.63) is 41.5 Å². The lowest BCUT2D eigenvalue weighted by atomic mass is 9.81. The Morgan fingerprint density at radius 2 is 1.22 bits per heavy atom. The average Bonchev–Trinajstić information content (AvgIpc) is 2.66. The van der Waals surface area contributed by atoms with Crippen molar-refractivity contribution in [3.63, 3.8) is 0 Å². The highest BCUT2D eigenvalue weighted by atomic mass is 16.5. The van der Waals surface area contributed by atoms with E-state index >= 15 is 0 Å². The zero-order chi connectivity index (χ0) is 20.1. The van der Waals surface area contributed by atoms with E-state index in [1.54, 1.807) is 28.4 Å². The monoisotopic (exact) mass is 373 g/mol. The normalized spacial score (nSPS) is 11.9. The van der Waals surface area contributed by atoms with Crippen molar-refractivity contribution in [3.8, 4) is 23.0 Å². The topological polar surface area (TPSA) is 40.2 Å². The molecule has 0 aliphatic heterocycles. The minimum Gasteiger partial charge on any atom is -0.493 e. The molecular weight excluding hydrogens is 342 g/mol. The molecule has 0 saturated carbocycles. The summed E-state index contributed by atoms with van der Waals surface area (Å²) in [6.07, 6.45) is 0. The minimum atomic E-state index is 0.155. The van der Waals surface area contributed by atoms with Gasteiger partial charge in [-0.25, -0.2) is 0 Å². The van der Waals surface area contributed by atoms with E-state index in [-0.39, 0.29) is 5.92 Å². The summed E-state index contributed by atoms with van der Waals surface area (Å²) in [5.41, 5.74) is 3.44. The van der Waals surface area contributed by atoms with Gasteiger partial charge in [0.05, 0.1) is 28.4 Å². The van der Waals surface area contributed by atoms with Crippen molar-refractivity contribution < 1.29 is 18.9 Å². The lowest BCUT2D eigenvalue weighted by Crippen LogP contribution is -2.17. The van der Waals surface area contributed by atoms with Crippen LogP contribution in [0, 0.1) is 5.92 Å². The van der Waals surface area contributed by atoms with Gasteiger partial charge in [-0.2, -0.15) is 0 Å². The van der Waals surface area contributed by atoms with Crippen LogP contribution in [0.3, 0.4) is 0 Å². The van der Waals surface area contributed by atoms with Crippen LogP contribution in [0.25, 0.3) is 0 Å². The Balaban J connectivity index is 2.70. The lowest BCUT2D eigenvalue weighted by molar-refractivity contribution is 0.353. The van der Waals surface area contributed by atoms with Gasteiger partial charge in [0.25, 0.3) is 0 Å². The third-order valence-electron chi connectivity index (χ3n) is 4.78. The minimum absolute atomic E-state index is 0.155. The summed E-state index contributed by atoms with van der Waals surface area (Å²) in [5.74, 6) is 3.42. The van der Waals surface area contributed by atoms with Gasteiger partial charge >= 0.3 is 0 Å². The van der Waals surface area contributed by atoms with Gasteiger partial charge < -0.3 is 23.8 Å². The molecule has 2 aromatic rings. The quantitative estimate of drug-likeness (QED) is 0.678. The molecule has 0 spiro atoms. The van der Waals surface area contributed by atoms with E-state index in [1.807, 2.05) is 26.2 Å². The molecule has 0 radical (unpaired) electrons.